The van der Waals surface area contributed by atoms with E-state index in [0.717, 1.165) is 6.92 Å². The van der Waals surface area contributed by atoms with Gasteiger partial charge in [0, 0.05) is 6.92 Å². The van der Waals surface area contributed by atoms with Gasteiger partial charge < -0.3 is 55.6 Å². The molecule has 0 bridgehead atoms. The molecule has 0 saturated carbocycles. The van der Waals surface area contributed by atoms with Crippen LogP contribution in [0.1, 0.15) is 6.92 Å². The largest absolute Gasteiger partial charge is 0.394 e. The third kappa shape index (κ3) is 3.57. The maximum absolute atomic E-state index is 11.5. The summed E-state index contributed by atoms with van der Waals surface area (Å²) in [7, 11) is 0. The van der Waals surface area contributed by atoms with Crippen LogP contribution in [0.2, 0.25) is 0 Å². The number of hydrogen-bond acceptors (Lipinski definition) is 11. The van der Waals surface area contributed by atoms with Crippen LogP contribution >= 0.6 is 0 Å². The zero-order valence-corrected chi connectivity index (χ0v) is 13.9. The van der Waals surface area contributed by atoms with E-state index in [0.29, 0.717) is 0 Å². The van der Waals surface area contributed by atoms with Gasteiger partial charge in [0.05, 0.1) is 13.2 Å². The van der Waals surface area contributed by atoms with Gasteiger partial charge in [-0.15, -0.1) is 0 Å². The highest BCUT2D eigenvalue weighted by Crippen LogP contribution is 2.37. The topological polar surface area (TPSA) is 209 Å². The number of carbonyl (C=O) groups excluding carboxylic acids is 1. The van der Waals surface area contributed by atoms with E-state index in [4.69, 9.17) is 9.47 Å². The molecule has 0 aliphatic carbocycles. The molecule has 0 aromatic carbocycles. The number of hydrogen-bond donors (Lipinski definition) is 9. The first-order chi connectivity index (χ1) is 12.1. The van der Waals surface area contributed by atoms with Crippen LogP contribution in [-0.4, -0.2) is 121 Å². The zero-order valence-electron chi connectivity index (χ0n) is 13.9. The van der Waals surface area contributed by atoms with Gasteiger partial charge in [0.1, 0.15) is 54.9 Å². The number of aliphatic hydroxyl groups is 8. The van der Waals surface area contributed by atoms with Crippen molar-refractivity contribution < 1.29 is 55.1 Å². The molecule has 0 aromatic heterocycles. The first kappa shape index (κ1) is 21.4. The second-order valence-corrected chi connectivity index (χ2v) is 6.50. The quantitative estimate of drug-likeness (QED) is 0.223. The van der Waals surface area contributed by atoms with E-state index in [9.17, 15) is 45.6 Å². The van der Waals surface area contributed by atoms with Crippen LogP contribution in [0.4, 0.5) is 0 Å². The van der Waals surface area contributed by atoms with E-state index >= 15 is 0 Å². The zero-order chi connectivity index (χ0) is 19.8. The van der Waals surface area contributed by atoms with Crippen LogP contribution in [0.3, 0.4) is 0 Å². The first-order valence-corrected chi connectivity index (χ1v) is 8.03. The van der Waals surface area contributed by atoms with Gasteiger partial charge in [-0.2, -0.15) is 0 Å². The summed E-state index contributed by atoms with van der Waals surface area (Å²) >= 11 is 0. The van der Waals surface area contributed by atoms with E-state index < -0.39 is 79.8 Å². The highest BCUT2D eigenvalue weighted by molar-refractivity contribution is 5.73. The normalized spacial score (nSPS) is 49.7. The molecule has 12 nitrogen and oxygen atoms in total. The van der Waals surface area contributed by atoms with Crippen molar-refractivity contribution >= 4 is 5.91 Å². The van der Waals surface area contributed by atoms with Crippen LogP contribution in [0, 0.1) is 0 Å². The summed E-state index contributed by atoms with van der Waals surface area (Å²) in [6, 6.07) is -1.72. The van der Waals surface area contributed by atoms with Crippen molar-refractivity contribution in [3.8, 4) is 0 Å². The van der Waals surface area contributed by atoms with E-state index in [2.05, 4.69) is 5.32 Å². The molecule has 2 aliphatic rings. The molecule has 12 heteroatoms. The summed E-state index contributed by atoms with van der Waals surface area (Å²) in [5.74, 6) is -3.44. The van der Waals surface area contributed by atoms with E-state index in [1.165, 1.54) is 0 Å². The molecule has 26 heavy (non-hydrogen) atoms. The number of amides is 1. The average Bonchev–Trinajstić information content (AvgIpc) is 2.60. The van der Waals surface area contributed by atoms with Crippen molar-refractivity contribution in [3.05, 3.63) is 0 Å². The minimum absolute atomic E-state index is 0.727. The van der Waals surface area contributed by atoms with Crippen molar-refractivity contribution in [1.29, 1.82) is 0 Å². The van der Waals surface area contributed by atoms with Gasteiger partial charge in [0.25, 0.3) is 0 Å². The van der Waals surface area contributed by atoms with Crippen LogP contribution in [0.25, 0.3) is 0 Å². The van der Waals surface area contributed by atoms with Gasteiger partial charge in [0.2, 0.25) is 11.7 Å². The molecule has 0 aromatic rings. The van der Waals surface area contributed by atoms with Crippen molar-refractivity contribution in [2.45, 2.75) is 67.6 Å². The Balaban J connectivity index is 2.43. The Morgan fingerprint density at radius 3 is 1.96 bits per heavy atom. The molecule has 0 radical (unpaired) electrons. The van der Waals surface area contributed by atoms with E-state index in [-0.39, 0.29) is 0 Å². The average molecular weight is 383 g/mol. The smallest absolute Gasteiger partial charge is 0.219 e. The molecule has 2 heterocycles. The maximum Gasteiger partial charge on any atom is 0.219 e. The molecule has 2 rings (SSSR count). The second-order valence-electron chi connectivity index (χ2n) is 6.50. The monoisotopic (exact) mass is 383 g/mol. The SMILES string of the molecule is CC(=O)N[C@@H]1[C@@H](O)[C@H](O)[C@@H](CO)OC1(O)C1O[C@H](CO)[C@H](O)[C@H](O)[C@H]1O. The highest BCUT2D eigenvalue weighted by atomic mass is 16.7. The molecule has 152 valence electrons. The Hall–Kier alpha value is -0.930. The minimum Gasteiger partial charge on any atom is -0.394 e. The fraction of sp³-hybridized carbons (Fsp3) is 0.929. The third-order valence-electron chi connectivity index (χ3n) is 4.70. The molecule has 1 amide bonds. The lowest BCUT2D eigenvalue weighted by molar-refractivity contribution is -0.385. The molecule has 9 N–H and O–H groups in total. The Kier molecular flexibility index (Phi) is 6.56. The number of rotatable bonds is 4. The van der Waals surface area contributed by atoms with Crippen LogP contribution in [0.15, 0.2) is 0 Å². The van der Waals surface area contributed by atoms with Crippen molar-refractivity contribution in [2.24, 2.45) is 0 Å². The van der Waals surface area contributed by atoms with Gasteiger partial charge in [0.15, 0.2) is 0 Å². The lowest BCUT2D eigenvalue weighted by Crippen LogP contribution is -2.78. The van der Waals surface area contributed by atoms with Crippen molar-refractivity contribution in [1.82, 2.24) is 5.32 Å². The van der Waals surface area contributed by atoms with Gasteiger partial charge in [-0.3, -0.25) is 4.79 Å². The Morgan fingerprint density at radius 2 is 1.46 bits per heavy atom. The van der Waals surface area contributed by atoms with Crippen LogP contribution in [-0.2, 0) is 14.3 Å². The van der Waals surface area contributed by atoms with Gasteiger partial charge in [-0.1, -0.05) is 0 Å². The number of carbonyl (C=O) groups is 1. The van der Waals surface area contributed by atoms with Gasteiger partial charge in [-0.05, 0) is 0 Å². The maximum atomic E-state index is 11.5. The first-order valence-electron chi connectivity index (χ1n) is 8.03. The highest BCUT2D eigenvalue weighted by Gasteiger charge is 2.62. The summed E-state index contributed by atoms with van der Waals surface area (Å²) in [5, 5.41) is 82.0. The lowest BCUT2D eigenvalue weighted by Gasteiger charge is -2.54. The van der Waals surface area contributed by atoms with Gasteiger partial charge in [-0.25, -0.2) is 0 Å². The van der Waals surface area contributed by atoms with Crippen LogP contribution < -0.4 is 5.32 Å². The summed E-state index contributed by atoms with van der Waals surface area (Å²) < 4.78 is 10.5. The molecule has 2 fully saturated rings. The van der Waals surface area contributed by atoms with Crippen molar-refractivity contribution in [3.63, 3.8) is 0 Å². The molecular formula is C14H25NO11. The third-order valence-corrected chi connectivity index (χ3v) is 4.70. The standard InChI is InChI=1S/C14H25NO11/c1-4(18)15-12-10(22)8(20)6(3-17)26-14(12,24)13-11(23)9(21)7(19)5(2-16)25-13/h5-13,16-17,19-24H,2-3H2,1H3,(H,15,18)/t5-,6-,7+,8-,9+,10+,11-,12-,13?,14?/m1/s1. The summed E-state index contributed by atoms with van der Waals surface area (Å²) in [6.07, 6.45) is -13.8. The number of aliphatic hydroxyl groups excluding tert-OH is 7. The van der Waals surface area contributed by atoms with E-state index in [1.54, 1.807) is 0 Å². The Bertz CT molecular complexity index is 505. The Morgan fingerprint density at radius 1 is 0.923 bits per heavy atom. The predicted molar refractivity (Wildman–Crippen MR) is 80.3 cm³/mol. The number of ether oxygens (including phenoxy) is 2. The molecule has 2 aliphatic heterocycles. The number of nitrogens with one attached hydrogen (secondary N) is 1. The molecule has 10 atom stereocenters. The Labute approximate surface area is 148 Å². The summed E-state index contributed by atoms with van der Waals surface area (Å²) in [6.45, 7) is -0.549. The van der Waals surface area contributed by atoms with Crippen molar-refractivity contribution in [2.75, 3.05) is 13.2 Å². The lowest BCUT2D eigenvalue weighted by atomic mass is 9.81. The fourth-order valence-corrected chi connectivity index (χ4v) is 3.29. The summed E-state index contributed by atoms with van der Waals surface area (Å²) in [5.41, 5.74) is 0. The fourth-order valence-electron chi connectivity index (χ4n) is 3.29. The molecule has 2 unspecified atom stereocenters. The predicted octanol–water partition coefficient (Wildman–Crippen LogP) is -5.86. The molecular weight excluding hydrogens is 358 g/mol. The second kappa shape index (κ2) is 7.98. The molecule has 2 saturated heterocycles. The minimum atomic E-state index is -2.72. The van der Waals surface area contributed by atoms with Crippen LogP contribution in [0.5, 0.6) is 0 Å². The van der Waals surface area contributed by atoms with E-state index in [1.807, 2.05) is 0 Å². The molecule has 0 spiro atoms. The van der Waals surface area contributed by atoms with Gasteiger partial charge >= 0.3 is 0 Å². The summed E-state index contributed by atoms with van der Waals surface area (Å²) in [4.78, 5) is 11.5.